The summed E-state index contributed by atoms with van der Waals surface area (Å²) < 4.78 is 5.38. The number of rotatable bonds is 9. The van der Waals surface area contributed by atoms with Crippen LogP contribution in [0.3, 0.4) is 0 Å². The van der Waals surface area contributed by atoms with Gasteiger partial charge >= 0.3 is 6.09 Å². The van der Waals surface area contributed by atoms with Gasteiger partial charge in [0.2, 0.25) is 5.91 Å². The van der Waals surface area contributed by atoms with Gasteiger partial charge in [0, 0.05) is 12.2 Å². The van der Waals surface area contributed by atoms with Crippen molar-refractivity contribution in [3.05, 3.63) is 59.7 Å². The number of likely N-dealkylation sites (N-methyl/N-ethyl adjacent to an activating group) is 1. The summed E-state index contributed by atoms with van der Waals surface area (Å²) in [4.78, 5) is 41.5. The van der Waals surface area contributed by atoms with Gasteiger partial charge in [-0.2, -0.15) is 0 Å². The van der Waals surface area contributed by atoms with Crippen molar-refractivity contribution in [1.82, 2.24) is 10.2 Å². The second kappa shape index (κ2) is 12.4. The number of para-hydroxylation sites is 1. The Morgan fingerprint density at radius 2 is 1.72 bits per heavy atom. The van der Waals surface area contributed by atoms with Crippen LogP contribution in [-0.4, -0.2) is 46.1 Å². The van der Waals surface area contributed by atoms with Gasteiger partial charge < -0.3 is 25.4 Å². The third-order valence-corrected chi connectivity index (χ3v) is 5.47. The Hall–Kier alpha value is -3.55. The minimum absolute atomic E-state index is 0.0182. The van der Waals surface area contributed by atoms with Gasteiger partial charge in [-0.15, -0.1) is 0 Å². The summed E-state index contributed by atoms with van der Waals surface area (Å²) in [6, 6.07) is 11.7. The van der Waals surface area contributed by atoms with Crippen LogP contribution in [0.25, 0.3) is 0 Å². The van der Waals surface area contributed by atoms with Crippen molar-refractivity contribution in [3.8, 4) is 5.75 Å². The highest BCUT2D eigenvalue weighted by molar-refractivity contribution is 5.99. The summed E-state index contributed by atoms with van der Waals surface area (Å²) in [6.45, 7) is 13.0. The van der Waals surface area contributed by atoms with Gasteiger partial charge in [-0.1, -0.05) is 44.2 Å². The lowest BCUT2D eigenvalue weighted by Crippen LogP contribution is -2.52. The number of amides is 3. The van der Waals surface area contributed by atoms with E-state index >= 15 is 0 Å². The Morgan fingerprint density at radius 1 is 1.06 bits per heavy atom. The Kier molecular flexibility index (Phi) is 9.90. The molecule has 0 saturated heterocycles. The molecule has 3 N–H and O–H groups in total. The zero-order valence-electron chi connectivity index (χ0n) is 22.3. The molecule has 8 nitrogen and oxygen atoms in total. The van der Waals surface area contributed by atoms with E-state index in [0.29, 0.717) is 17.7 Å². The molecule has 3 amide bonds. The van der Waals surface area contributed by atoms with Crippen LogP contribution in [0.5, 0.6) is 5.75 Å². The number of phenolic OH excluding ortho intramolecular Hbond substituents is 1. The van der Waals surface area contributed by atoms with Crippen molar-refractivity contribution in [1.29, 1.82) is 0 Å². The molecule has 0 saturated carbocycles. The van der Waals surface area contributed by atoms with Crippen LogP contribution in [0.15, 0.2) is 48.5 Å². The molecule has 8 heteroatoms. The molecule has 196 valence electrons. The largest absolute Gasteiger partial charge is 0.508 e. The minimum Gasteiger partial charge on any atom is -0.508 e. The highest BCUT2D eigenvalue weighted by Gasteiger charge is 2.36. The standard InChI is InChI=1S/C28H39N3O5/c1-8-31(26(34)23(16-18(2)3)30-27(35)36-28(5,6)7)24(20-13-11-14-21(32)17-20)25(33)29-22-15-10-9-12-19(22)4/h9-15,17-18,23-24,32H,8,16H2,1-7H3,(H,29,33)(H,30,35). The molecule has 0 fully saturated rings. The summed E-state index contributed by atoms with van der Waals surface area (Å²) in [5.74, 6) is -0.765. The number of ether oxygens (including phenoxy) is 1. The number of carbonyl (C=O) groups is 3. The van der Waals surface area contributed by atoms with Gasteiger partial charge in [-0.25, -0.2) is 4.79 Å². The first-order valence-electron chi connectivity index (χ1n) is 12.3. The smallest absolute Gasteiger partial charge is 0.408 e. The Balaban J connectivity index is 2.45. The van der Waals surface area contributed by atoms with E-state index in [2.05, 4.69) is 10.6 Å². The third kappa shape index (κ3) is 8.29. The summed E-state index contributed by atoms with van der Waals surface area (Å²) in [7, 11) is 0. The molecule has 2 aromatic rings. The lowest BCUT2D eigenvalue weighted by molar-refractivity contribution is -0.140. The molecule has 36 heavy (non-hydrogen) atoms. The average molecular weight is 498 g/mol. The predicted molar refractivity (Wildman–Crippen MR) is 141 cm³/mol. The first-order chi connectivity index (χ1) is 16.8. The zero-order valence-corrected chi connectivity index (χ0v) is 22.3. The quantitative estimate of drug-likeness (QED) is 0.443. The van der Waals surface area contributed by atoms with E-state index < -0.39 is 35.6 Å². The van der Waals surface area contributed by atoms with Gasteiger partial charge in [0.15, 0.2) is 0 Å². The molecule has 0 radical (unpaired) electrons. The highest BCUT2D eigenvalue weighted by atomic mass is 16.6. The van der Waals surface area contributed by atoms with E-state index in [-0.39, 0.29) is 18.2 Å². The fourth-order valence-electron chi connectivity index (χ4n) is 3.89. The van der Waals surface area contributed by atoms with E-state index in [9.17, 15) is 19.5 Å². The van der Waals surface area contributed by atoms with Gasteiger partial charge in [0.05, 0.1) is 0 Å². The number of aryl methyl sites for hydroxylation is 1. The second-order valence-corrected chi connectivity index (χ2v) is 10.3. The predicted octanol–water partition coefficient (Wildman–Crippen LogP) is 5.17. The Labute approximate surface area is 214 Å². The van der Waals surface area contributed by atoms with E-state index in [4.69, 9.17) is 4.74 Å². The average Bonchev–Trinajstić information content (AvgIpc) is 2.76. The summed E-state index contributed by atoms with van der Waals surface area (Å²) in [5, 5.41) is 15.7. The first-order valence-corrected chi connectivity index (χ1v) is 12.3. The first kappa shape index (κ1) is 28.7. The van der Waals surface area contributed by atoms with E-state index in [1.807, 2.05) is 39.0 Å². The molecule has 0 aliphatic carbocycles. The summed E-state index contributed by atoms with van der Waals surface area (Å²) >= 11 is 0. The van der Waals surface area contributed by atoms with Crippen molar-refractivity contribution in [2.45, 2.75) is 72.6 Å². The summed E-state index contributed by atoms with van der Waals surface area (Å²) in [5.41, 5.74) is 1.23. The van der Waals surface area contributed by atoms with Crippen LogP contribution in [0.1, 0.15) is 65.1 Å². The maximum absolute atomic E-state index is 13.8. The minimum atomic E-state index is -1.04. The van der Waals surface area contributed by atoms with E-state index in [1.165, 1.54) is 17.0 Å². The van der Waals surface area contributed by atoms with Crippen molar-refractivity contribution in [2.24, 2.45) is 5.92 Å². The monoisotopic (exact) mass is 497 g/mol. The van der Waals surface area contributed by atoms with Crippen LogP contribution in [0, 0.1) is 12.8 Å². The SMILES string of the molecule is CCN(C(=O)C(CC(C)C)NC(=O)OC(C)(C)C)C(C(=O)Nc1ccccc1C)c1cccc(O)c1. The highest BCUT2D eigenvalue weighted by Crippen LogP contribution is 2.28. The van der Waals surface area contributed by atoms with Gasteiger partial charge in [-0.05, 0) is 76.3 Å². The number of nitrogens with one attached hydrogen (secondary N) is 2. The number of nitrogens with zero attached hydrogens (tertiary/aromatic N) is 1. The van der Waals surface area contributed by atoms with Crippen LogP contribution in [0.2, 0.25) is 0 Å². The van der Waals surface area contributed by atoms with Crippen molar-refractivity contribution in [2.75, 3.05) is 11.9 Å². The lowest BCUT2D eigenvalue weighted by atomic mass is 9.99. The third-order valence-electron chi connectivity index (χ3n) is 5.47. The topological polar surface area (TPSA) is 108 Å². The van der Waals surface area contributed by atoms with Crippen LogP contribution >= 0.6 is 0 Å². The number of hydrogen-bond acceptors (Lipinski definition) is 5. The van der Waals surface area contributed by atoms with Crippen LogP contribution in [-0.2, 0) is 14.3 Å². The molecule has 0 aliphatic heterocycles. The molecule has 0 heterocycles. The van der Waals surface area contributed by atoms with Gasteiger partial charge in [0.1, 0.15) is 23.4 Å². The number of phenols is 1. The maximum atomic E-state index is 13.8. The normalized spacial score (nSPS) is 13.0. The fourth-order valence-corrected chi connectivity index (χ4v) is 3.89. The number of hydrogen-bond donors (Lipinski definition) is 3. The fraction of sp³-hybridized carbons (Fsp3) is 0.464. The number of anilines is 1. The number of benzene rings is 2. The summed E-state index contributed by atoms with van der Waals surface area (Å²) in [6.07, 6.45) is -0.336. The Morgan fingerprint density at radius 3 is 2.28 bits per heavy atom. The molecule has 2 rings (SSSR count). The van der Waals surface area contributed by atoms with Crippen molar-refractivity contribution in [3.63, 3.8) is 0 Å². The number of aromatic hydroxyl groups is 1. The second-order valence-electron chi connectivity index (χ2n) is 10.3. The molecule has 0 aromatic heterocycles. The Bertz CT molecular complexity index is 1060. The number of carbonyl (C=O) groups excluding carboxylic acids is 3. The molecule has 2 unspecified atom stereocenters. The molecular formula is C28H39N3O5. The van der Waals surface area contributed by atoms with Gasteiger partial charge in [-0.3, -0.25) is 9.59 Å². The lowest BCUT2D eigenvalue weighted by Gasteiger charge is -2.34. The van der Waals surface area contributed by atoms with Gasteiger partial charge in [0.25, 0.3) is 5.91 Å². The van der Waals surface area contributed by atoms with E-state index in [1.54, 1.807) is 45.9 Å². The van der Waals surface area contributed by atoms with Crippen molar-refractivity contribution < 1.29 is 24.2 Å². The van der Waals surface area contributed by atoms with Crippen LogP contribution in [0.4, 0.5) is 10.5 Å². The number of alkyl carbamates (subject to hydrolysis) is 1. The van der Waals surface area contributed by atoms with Crippen molar-refractivity contribution >= 4 is 23.6 Å². The van der Waals surface area contributed by atoms with E-state index in [0.717, 1.165) is 5.56 Å². The molecule has 2 aromatic carbocycles. The molecule has 2 atom stereocenters. The molecule has 0 bridgehead atoms. The zero-order chi connectivity index (χ0) is 27.0. The molecular weight excluding hydrogens is 458 g/mol. The van der Waals surface area contributed by atoms with Crippen LogP contribution < -0.4 is 10.6 Å². The molecule has 0 aliphatic rings. The maximum Gasteiger partial charge on any atom is 0.408 e. The molecule has 0 spiro atoms.